The summed E-state index contributed by atoms with van der Waals surface area (Å²) < 4.78 is 16.7. The number of benzene rings is 2. The van der Waals surface area contributed by atoms with Crippen LogP contribution in [0.1, 0.15) is 40.1 Å². The summed E-state index contributed by atoms with van der Waals surface area (Å²) in [6.45, 7) is 3.49. The predicted octanol–water partition coefficient (Wildman–Crippen LogP) is 1.85. The molecule has 2 aromatic rings. The summed E-state index contributed by atoms with van der Waals surface area (Å²) in [5, 5.41) is 30.4. The first-order valence-electron chi connectivity index (χ1n) is 10.1. The van der Waals surface area contributed by atoms with Gasteiger partial charge in [0.05, 0.1) is 24.8 Å². The van der Waals surface area contributed by atoms with Crippen LogP contribution in [0.25, 0.3) is 0 Å². The van der Waals surface area contributed by atoms with Crippen molar-refractivity contribution in [2.75, 3.05) is 18.6 Å². The van der Waals surface area contributed by atoms with Crippen LogP contribution in [0.5, 0.6) is 5.75 Å². The van der Waals surface area contributed by atoms with E-state index in [9.17, 15) is 29.7 Å². The molecule has 0 bridgehead atoms. The number of aliphatic hydroxyl groups is 1. The number of hydrogen-bond donors (Lipinski definition) is 3. The number of carbonyl (C=O) groups is 3. The van der Waals surface area contributed by atoms with Gasteiger partial charge < -0.3 is 29.5 Å². The molecule has 174 valence electrons. The average Bonchev–Trinajstić information content (AvgIpc) is 3.14. The number of carboxylic acid groups (broad SMARTS) is 2. The van der Waals surface area contributed by atoms with Gasteiger partial charge in [0.2, 0.25) is 0 Å². The fourth-order valence-electron chi connectivity index (χ4n) is 4.32. The molecule has 2 aromatic carbocycles. The van der Waals surface area contributed by atoms with Gasteiger partial charge in [-0.15, -0.1) is 0 Å². The van der Waals surface area contributed by atoms with Gasteiger partial charge in [-0.05, 0) is 55.8 Å². The SMILES string of the molecule is COc1ccc(N2C(=O)[C@@](O)(c3ccc(C(=O)O)c(C(=O)O)c3)[C@@H]2[C@H]2COC(C)(C)O2)cc1. The Hall–Kier alpha value is -3.47. The fourth-order valence-corrected chi connectivity index (χ4v) is 4.32. The van der Waals surface area contributed by atoms with Crippen molar-refractivity contribution in [1.82, 2.24) is 0 Å². The van der Waals surface area contributed by atoms with Crippen LogP contribution in [0.3, 0.4) is 0 Å². The number of anilines is 1. The van der Waals surface area contributed by atoms with Crippen LogP contribution >= 0.6 is 0 Å². The lowest BCUT2D eigenvalue weighted by molar-refractivity contribution is -0.176. The van der Waals surface area contributed by atoms with E-state index in [0.717, 1.165) is 12.1 Å². The van der Waals surface area contributed by atoms with E-state index in [1.54, 1.807) is 38.1 Å². The van der Waals surface area contributed by atoms with E-state index in [1.807, 2.05) is 0 Å². The predicted molar refractivity (Wildman–Crippen MR) is 113 cm³/mol. The zero-order chi connectivity index (χ0) is 24.1. The van der Waals surface area contributed by atoms with Gasteiger partial charge in [0, 0.05) is 5.69 Å². The highest BCUT2D eigenvalue weighted by Gasteiger charge is 2.66. The Morgan fingerprint density at radius 1 is 1.06 bits per heavy atom. The molecule has 2 fully saturated rings. The van der Waals surface area contributed by atoms with Gasteiger partial charge in [0.25, 0.3) is 5.91 Å². The molecule has 2 aliphatic rings. The van der Waals surface area contributed by atoms with Crippen molar-refractivity contribution >= 4 is 23.5 Å². The number of nitrogens with zero attached hydrogens (tertiary/aromatic N) is 1. The van der Waals surface area contributed by atoms with Gasteiger partial charge in [-0.1, -0.05) is 6.07 Å². The quantitative estimate of drug-likeness (QED) is 0.554. The third-order valence-corrected chi connectivity index (χ3v) is 5.90. The second-order valence-electron chi connectivity index (χ2n) is 8.32. The Kier molecular flexibility index (Phi) is 5.39. The summed E-state index contributed by atoms with van der Waals surface area (Å²) >= 11 is 0. The van der Waals surface area contributed by atoms with E-state index >= 15 is 0 Å². The van der Waals surface area contributed by atoms with E-state index < -0.39 is 52.5 Å². The van der Waals surface area contributed by atoms with Gasteiger partial charge in [-0.25, -0.2) is 9.59 Å². The number of ether oxygens (including phenoxy) is 3. The lowest BCUT2D eigenvalue weighted by atomic mass is 9.73. The van der Waals surface area contributed by atoms with Crippen molar-refractivity contribution in [3.8, 4) is 5.75 Å². The molecule has 2 aliphatic heterocycles. The topological polar surface area (TPSA) is 143 Å². The number of carbonyl (C=O) groups excluding carboxylic acids is 1. The van der Waals surface area contributed by atoms with E-state index in [4.69, 9.17) is 14.2 Å². The van der Waals surface area contributed by atoms with Crippen molar-refractivity contribution in [1.29, 1.82) is 0 Å². The summed E-state index contributed by atoms with van der Waals surface area (Å²) in [5.41, 5.74) is -2.71. The summed E-state index contributed by atoms with van der Waals surface area (Å²) in [6, 6.07) is 9.00. The van der Waals surface area contributed by atoms with Crippen LogP contribution < -0.4 is 9.64 Å². The molecule has 4 rings (SSSR count). The first-order valence-corrected chi connectivity index (χ1v) is 10.1. The van der Waals surface area contributed by atoms with Crippen molar-refractivity contribution in [2.24, 2.45) is 0 Å². The maximum Gasteiger partial charge on any atom is 0.336 e. The summed E-state index contributed by atoms with van der Waals surface area (Å²) in [7, 11) is 1.51. The Morgan fingerprint density at radius 3 is 2.21 bits per heavy atom. The molecule has 0 aromatic heterocycles. The third-order valence-electron chi connectivity index (χ3n) is 5.90. The Balaban J connectivity index is 1.80. The monoisotopic (exact) mass is 457 g/mol. The highest BCUT2D eigenvalue weighted by atomic mass is 16.7. The van der Waals surface area contributed by atoms with Crippen LogP contribution in [0.15, 0.2) is 42.5 Å². The third kappa shape index (κ3) is 3.62. The number of carboxylic acids is 2. The molecule has 0 spiro atoms. The standard InChI is InChI=1S/C23H23NO9/c1-22(2)32-11-17(33-22)18-23(30,12-4-9-15(19(25)26)16(10-12)20(27)28)21(29)24(18)13-5-7-14(31-3)8-6-13/h4-10,17-18,30H,11H2,1-3H3,(H,25,26)(H,27,28)/t17-,18+,23-/m1/s1. The zero-order valence-electron chi connectivity index (χ0n) is 18.1. The Morgan fingerprint density at radius 2 is 1.70 bits per heavy atom. The molecule has 1 amide bonds. The molecule has 0 unspecified atom stereocenters. The van der Waals surface area contributed by atoms with Crippen LogP contribution in [0, 0.1) is 0 Å². The average molecular weight is 457 g/mol. The van der Waals surface area contributed by atoms with E-state index in [-0.39, 0.29) is 12.2 Å². The highest BCUT2D eigenvalue weighted by molar-refractivity contribution is 6.09. The van der Waals surface area contributed by atoms with Gasteiger partial charge in [-0.2, -0.15) is 0 Å². The number of β-lactam (4-membered cyclic amide) rings is 1. The second kappa shape index (κ2) is 7.84. The Labute approximate surface area is 188 Å². The molecule has 10 heteroatoms. The smallest absolute Gasteiger partial charge is 0.336 e. The molecule has 2 heterocycles. The molecule has 0 radical (unpaired) electrons. The minimum Gasteiger partial charge on any atom is -0.497 e. The van der Waals surface area contributed by atoms with E-state index in [2.05, 4.69) is 0 Å². The van der Waals surface area contributed by atoms with Gasteiger partial charge >= 0.3 is 11.9 Å². The lowest BCUT2D eigenvalue weighted by Crippen LogP contribution is -2.76. The van der Waals surface area contributed by atoms with Crippen molar-refractivity contribution < 1.29 is 43.9 Å². The molecule has 3 N–H and O–H groups in total. The van der Waals surface area contributed by atoms with Gasteiger partial charge in [-0.3, -0.25) is 9.69 Å². The fraction of sp³-hybridized carbons (Fsp3) is 0.348. The molecule has 3 atom stereocenters. The lowest BCUT2D eigenvalue weighted by Gasteiger charge is -2.54. The summed E-state index contributed by atoms with van der Waals surface area (Å²) in [4.78, 5) is 37.8. The molecule has 0 saturated carbocycles. The first kappa shape index (κ1) is 22.7. The van der Waals surface area contributed by atoms with Gasteiger partial charge in [0.15, 0.2) is 11.4 Å². The first-order chi connectivity index (χ1) is 15.5. The summed E-state index contributed by atoms with van der Waals surface area (Å²) in [6.07, 6.45) is -0.739. The van der Waals surface area contributed by atoms with Crippen molar-refractivity contribution in [3.63, 3.8) is 0 Å². The van der Waals surface area contributed by atoms with Gasteiger partial charge in [0.1, 0.15) is 17.9 Å². The van der Waals surface area contributed by atoms with Crippen LogP contribution in [-0.4, -0.2) is 64.8 Å². The molecule has 33 heavy (non-hydrogen) atoms. The molecule has 2 saturated heterocycles. The Bertz CT molecular complexity index is 1130. The van der Waals surface area contributed by atoms with E-state index in [0.29, 0.717) is 11.4 Å². The molecule has 0 aliphatic carbocycles. The number of methoxy groups -OCH3 is 1. The second-order valence-corrected chi connectivity index (χ2v) is 8.32. The highest BCUT2D eigenvalue weighted by Crippen LogP contribution is 2.47. The van der Waals surface area contributed by atoms with Crippen LogP contribution in [0.4, 0.5) is 5.69 Å². The number of rotatable bonds is 6. The maximum atomic E-state index is 13.4. The molecule has 10 nitrogen and oxygen atoms in total. The molecular weight excluding hydrogens is 434 g/mol. The number of hydrogen-bond acceptors (Lipinski definition) is 7. The zero-order valence-corrected chi connectivity index (χ0v) is 18.1. The van der Waals surface area contributed by atoms with Crippen molar-refractivity contribution in [2.45, 2.75) is 37.4 Å². The minimum absolute atomic E-state index is 0.0435. The summed E-state index contributed by atoms with van der Waals surface area (Å²) in [5.74, 6) is -4.00. The largest absolute Gasteiger partial charge is 0.497 e. The minimum atomic E-state index is -2.16. The maximum absolute atomic E-state index is 13.4. The number of amides is 1. The van der Waals surface area contributed by atoms with E-state index in [1.165, 1.54) is 18.1 Å². The number of aromatic carboxylic acids is 2. The van der Waals surface area contributed by atoms with Crippen LogP contribution in [0.2, 0.25) is 0 Å². The van der Waals surface area contributed by atoms with Crippen molar-refractivity contribution in [3.05, 3.63) is 59.2 Å². The normalized spacial score (nSPS) is 26.1. The van der Waals surface area contributed by atoms with Crippen LogP contribution in [-0.2, 0) is 19.9 Å². The molecular formula is C23H23NO9.